The van der Waals surface area contributed by atoms with E-state index in [-0.39, 0.29) is 30.3 Å². The van der Waals surface area contributed by atoms with Crippen molar-refractivity contribution in [3.05, 3.63) is 95.9 Å². The molecule has 11 nitrogen and oxygen atoms in total. The highest BCUT2D eigenvalue weighted by molar-refractivity contribution is 7.92. The number of anilines is 1. The molecule has 0 spiro atoms. The number of sulfonamides is 1. The van der Waals surface area contributed by atoms with Crippen LogP contribution < -0.4 is 9.46 Å². The second kappa shape index (κ2) is 12.6. The molecule has 0 aliphatic carbocycles. The number of Topliss-reactive ketones (excluding diaryl/α,β-unsaturated/α-hetero) is 1. The van der Waals surface area contributed by atoms with E-state index in [2.05, 4.69) is 19.8 Å². The molecule has 1 N–H and O–H groups in total. The maximum Gasteiger partial charge on any atom is 0.264 e. The van der Waals surface area contributed by atoms with Crippen LogP contribution in [0.5, 0.6) is 5.88 Å². The number of aliphatic imine (C=N–C) groups is 1. The van der Waals surface area contributed by atoms with Gasteiger partial charge in [0.05, 0.1) is 32.8 Å². The number of aryl methyl sites for hydroxylation is 1. The molecule has 43 heavy (non-hydrogen) atoms. The Morgan fingerprint density at radius 2 is 2.00 bits per heavy atom. The highest BCUT2D eigenvalue weighted by Crippen LogP contribution is 2.30. The fraction of sp³-hybridized carbons (Fsp3) is 0.241. The van der Waals surface area contributed by atoms with Crippen molar-refractivity contribution in [2.75, 3.05) is 25.0 Å². The van der Waals surface area contributed by atoms with E-state index in [4.69, 9.17) is 9.47 Å². The molecule has 2 aromatic heterocycles. The van der Waals surface area contributed by atoms with Crippen LogP contribution in [0.4, 0.5) is 14.5 Å². The Bertz CT molecular complexity index is 1780. The predicted molar refractivity (Wildman–Crippen MR) is 154 cm³/mol. The molecule has 0 saturated heterocycles. The molecular formula is C29H28F2N6O5S. The lowest BCUT2D eigenvalue weighted by atomic mass is 10.1. The highest BCUT2D eigenvalue weighted by atomic mass is 32.2. The van der Waals surface area contributed by atoms with Gasteiger partial charge in [0.15, 0.2) is 5.78 Å². The van der Waals surface area contributed by atoms with E-state index < -0.39 is 26.6 Å². The van der Waals surface area contributed by atoms with Gasteiger partial charge in [-0.05, 0) is 36.8 Å². The van der Waals surface area contributed by atoms with E-state index in [1.54, 1.807) is 29.6 Å². The molecule has 0 amide bonds. The average molecular weight is 611 g/mol. The van der Waals surface area contributed by atoms with Crippen LogP contribution in [0.3, 0.4) is 0 Å². The lowest BCUT2D eigenvalue weighted by molar-refractivity contribution is -0.119. The zero-order chi connectivity index (χ0) is 30.6. The molecule has 0 bridgehead atoms. The minimum absolute atomic E-state index is 0.0376. The van der Waals surface area contributed by atoms with Crippen molar-refractivity contribution in [2.24, 2.45) is 4.99 Å². The molecule has 0 saturated carbocycles. The van der Waals surface area contributed by atoms with Gasteiger partial charge in [0.1, 0.15) is 40.4 Å². The first-order valence-electron chi connectivity index (χ1n) is 13.2. The summed E-state index contributed by atoms with van der Waals surface area (Å²) >= 11 is 0. The molecule has 2 aliphatic rings. The molecule has 0 atom stereocenters. The third-order valence-electron chi connectivity index (χ3n) is 6.63. The molecular weight excluding hydrogens is 582 g/mol. The second-order valence-electron chi connectivity index (χ2n) is 9.68. The summed E-state index contributed by atoms with van der Waals surface area (Å²) in [5, 5.41) is 4.23. The summed E-state index contributed by atoms with van der Waals surface area (Å²) in [6, 6.07) is 5.54. The van der Waals surface area contributed by atoms with Gasteiger partial charge in [0.25, 0.3) is 10.0 Å². The van der Waals surface area contributed by atoms with Gasteiger partial charge in [0.2, 0.25) is 5.88 Å². The molecule has 224 valence electrons. The minimum atomic E-state index is -4.46. The maximum atomic E-state index is 14.3. The van der Waals surface area contributed by atoms with Crippen LogP contribution in [0, 0.1) is 18.6 Å². The number of benzene rings is 1. The van der Waals surface area contributed by atoms with Gasteiger partial charge in [-0.15, -0.1) is 0 Å². The number of aromatic nitrogens is 3. The van der Waals surface area contributed by atoms with Gasteiger partial charge in [-0.2, -0.15) is 5.10 Å². The van der Waals surface area contributed by atoms with Gasteiger partial charge >= 0.3 is 0 Å². The molecule has 2 aliphatic heterocycles. The summed E-state index contributed by atoms with van der Waals surface area (Å²) in [5.74, 6) is -1.22. The van der Waals surface area contributed by atoms with Crippen LogP contribution in [0.1, 0.15) is 24.1 Å². The number of nitrogens with zero attached hydrogens (tertiary/aromatic N) is 5. The summed E-state index contributed by atoms with van der Waals surface area (Å²) in [6.07, 6.45) is 10.6. The molecule has 0 fully saturated rings. The first-order valence-corrected chi connectivity index (χ1v) is 14.7. The number of carbonyl (C=O) groups is 1. The molecule has 1 aromatic carbocycles. The number of allylic oxidation sites excluding steroid dienone is 3. The zero-order valence-electron chi connectivity index (χ0n) is 23.3. The Labute approximate surface area is 246 Å². The Kier molecular flexibility index (Phi) is 8.66. The molecule has 14 heteroatoms. The first kappa shape index (κ1) is 29.6. The number of nitrogens with one attached hydrogen (secondary N) is 1. The summed E-state index contributed by atoms with van der Waals surface area (Å²) < 4.78 is 68.6. The van der Waals surface area contributed by atoms with E-state index in [0.29, 0.717) is 48.4 Å². The third kappa shape index (κ3) is 6.97. The lowest BCUT2D eigenvalue weighted by Gasteiger charge is -2.23. The Morgan fingerprint density at radius 1 is 1.16 bits per heavy atom. The van der Waals surface area contributed by atoms with E-state index in [1.165, 1.54) is 19.4 Å². The van der Waals surface area contributed by atoms with Crippen molar-refractivity contribution < 1.29 is 31.5 Å². The maximum absolute atomic E-state index is 14.3. The standard InChI is InChI=1S/C29H28F2N6O5S/c1-19-8-9-34-37(19)10-11-42-24-14-23(38)18-36-17-20(4-3-5-28(36)32-16-24)21-12-26(29(41-2)33-15-21)35-43(39,40)27-7-6-22(30)13-25(27)31/h3-4,6-9,12-13,15-17,35H,5,10-11,14,18H2,1-2H3/b24-16+,32-28?. The van der Waals surface area contributed by atoms with Gasteiger partial charge in [0, 0.05) is 42.3 Å². The second-order valence-corrected chi connectivity index (χ2v) is 11.3. The molecule has 0 unspecified atom stereocenters. The van der Waals surface area contributed by atoms with Crippen molar-refractivity contribution in [3.8, 4) is 5.88 Å². The smallest absolute Gasteiger partial charge is 0.264 e. The van der Waals surface area contributed by atoms with Crippen LogP contribution in [0.25, 0.3) is 5.57 Å². The number of methoxy groups -OCH3 is 1. The normalized spacial score (nSPS) is 16.6. The van der Waals surface area contributed by atoms with Gasteiger partial charge in [-0.1, -0.05) is 12.2 Å². The quantitative estimate of drug-likeness (QED) is 0.382. The number of carbonyl (C=O) groups excluding carboxylic acids is 1. The minimum Gasteiger partial charge on any atom is -0.494 e. The number of rotatable bonds is 9. The predicted octanol–water partition coefficient (Wildman–Crippen LogP) is 4.21. The van der Waals surface area contributed by atoms with Crippen LogP contribution in [-0.4, -0.2) is 60.0 Å². The summed E-state index contributed by atoms with van der Waals surface area (Å²) in [7, 11) is -3.15. The Hall–Kier alpha value is -4.85. The van der Waals surface area contributed by atoms with E-state index in [0.717, 1.165) is 17.8 Å². The fourth-order valence-electron chi connectivity index (χ4n) is 4.48. The molecule has 3 aromatic rings. The molecule has 0 radical (unpaired) electrons. The zero-order valence-corrected chi connectivity index (χ0v) is 24.1. The number of ketones is 1. The van der Waals surface area contributed by atoms with Crippen molar-refractivity contribution in [2.45, 2.75) is 31.2 Å². The number of halogens is 2. The summed E-state index contributed by atoms with van der Waals surface area (Å²) in [6.45, 7) is 2.86. The number of amidine groups is 1. The molecule has 5 rings (SSSR count). The summed E-state index contributed by atoms with van der Waals surface area (Å²) in [4.78, 5) is 22.7. The van der Waals surface area contributed by atoms with E-state index in [1.807, 2.05) is 23.7 Å². The van der Waals surface area contributed by atoms with Crippen LogP contribution in [0.15, 0.2) is 82.9 Å². The van der Waals surface area contributed by atoms with Crippen LogP contribution in [0.2, 0.25) is 0 Å². The average Bonchev–Trinajstić information content (AvgIpc) is 3.25. The van der Waals surface area contributed by atoms with Crippen molar-refractivity contribution in [3.63, 3.8) is 0 Å². The largest absolute Gasteiger partial charge is 0.494 e. The third-order valence-corrected chi connectivity index (χ3v) is 8.02. The fourth-order valence-corrected chi connectivity index (χ4v) is 5.59. The highest BCUT2D eigenvalue weighted by Gasteiger charge is 2.24. The van der Waals surface area contributed by atoms with Crippen molar-refractivity contribution >= 4 is 32.9 Å². The topological polar surface area (TPSA) is 128 Å². The number of hydrogen-bond acceptors (Lipinski definition) is 9. The van der Waals surface area contributed by atoms with E-state index >= 15 is 0 Å². The number of hydrogen-bond donors (Lipinski definition) is 1. The van der Waals surface area contributed by atoms with Gasteiger partial charge in [-0.3, -0.25) is 14.2 Å². The monoisotopic (exact) mass is 610 g/mol. The summed E-state index contributed by atoms with van der Waals surface area (Å²) in [5.41, 5.74) is 2.04. The van der Waals surface area contributed by atoms with Crippen molar-refractivity contribution in [1.29, 1.82) is 0 Å². The van der Waals surface area contributed by atoms with E-state index in [9.17, 15) is 22.0 Å². The number of fused-ring (bicyclic) bond motifs is 1. The Morgan fingerprint density at radius 3 is 2.74 bits per heavy atom. The number of ether oxygens (including phenoxy) is 2. The number of pyridine rings is 1. The first-order chi connectivity index (χ1) is 20.6. The van der Waals surface area contributed by atoms with Crippen LogP contribution in [-0.2, 0) is 26.1 Å². The lowest BCUT2D eigenvalue weighted by Crippen LogP contribution is -2.32. The Balaban J connectivity index is 1.38. The molecule has 4 heterocycles. The SMILES string of the molecule is COc1ncc(C2=CN3CC(=O)C/C(OCCn4nccc4C)=C\N=C3CC=C2)cc1NS(=O)(=O)c1ccc(F)cc1F. The van der Waals surface area contributed by atoms with Crippen LogP contribution >= 0.6 is 0 Å². The van der Waals surface area contributed by atoms with Crippen molar-refractivity contribution in [1.82, 2.24) is 19.7 Å². The van der Waals surface area contributed by atoms with Gasteiger partial charge in [-0.25, -0.2) is 27.2 Å². The van der Waals surface area contributed by atoms with Gasteiger partial charge < -0.3 is 14.4 Å².